The fourth-order valence-electron chi connectivity index (χ4n) is 1.74. The lowest BCUT2D eigenvalue weighted by atomic mass is 10.2. The highest BCUT2D eigenvalue weighted by Gasteiger charge is 2.13. The minimum absolute atomic E-state index is 0.0309. The summed E-state index contributed by atoms with van der Waals surface area (Å²) in [6, 6.07) is 10.7. The molecule has 1 atom stereocenters. The summed E-state index contributed by atoms with van der Waals surface area (Å²) in [6.45, 7) is 1.81. The van der Waals surface area contributed by atoms with Gasteiger partial charge in [-0.15, -0.1) is 0 Å². The zero-order valence-electron chi connectivity index (χ0n) is 10.2. The Morgan fingerprint density at radius 2 is 2.06 bits per heavy atom. The van der Waals surface area contributed by atoms with Crippen LogP contribution >= 0.6 is 0 Å². The lowest BCUT2D eigenvalue weighted by molar-refractivity contribution is -0.118. The van der Waals surface area contributed by atoms with Crippen molar-refractivity contribution in [2.75, 3.05) is 5.32 Å². The normalized spacial score (nSPS) is 12.1. The summed E-state index contributed by atoms with van der Waals surface area (Å²) in [4.78, 5) is 12.0. The van der Waals surface area contributed by atoms with E-state index in [0.717, 1.165) is 5.56 Å². The van der Waals surface area contributed by atoms with Crippen LogP contribution in [0.5, 0.6) is 0 Å². The molecule has 94 valence electrons. The van der Waals surface area contributed by atoms with Gasteiger partial charge in [0, 0.05) is 18.1 Å². The molecular weight excluding hydrogens is 228 g/mol. The Balaban J connectivity index is 2.06. The molecule has 0 saturated heterocycles. The second-order valence-electron chi connectivity index (χ2n) is 4.15. The van der Waals surface area contributed by atoms with Crippen molar-refractivity contribution in [2.24, 2.45) is 0 Å². The van der Waals surface area contributed by atoms with Crippen molar-refractivity contribution in [3.05, 3.63) is 54.4 Å². The second kappa shape index (κ2) is 5.51. The molecule has 0 bridgehead atoms. The molecule has 1 aromatic heterocycles. The quantitative estimate of drug-likeness (QED) is 0.866. The largest absolute Gasteiger partial charge is 0.392 e. The summed E-state index contributed by atoms with van der Waals surface area (Å²) in [7, 11) is 0. The number of aromatic nitrogens is 1. The van der Waals surface area contributed by atoms with Gasteiger partial charge in [0.1, 0.15) is 6.04 Å². The van der Waals surface area contributed by atoms with E-state index in [0.29, 0.717) is 5.69 Å². The Labute approximate surface area is 106 Å². The molecule has 0 spiro atoms. The van der Waals surface area contributed by atoms with Crippen molar-refractivity contribution < 1.29 is 9.90 Å². The van der Waals surface area contributed by atoms with Crippen LogP contribution in [-0.2, 0) is 11.4 Å². The maximum atomic E-state index is 12.0. The zero-order chi connectivity index (χ0) is 13.0. The van der Waals surface area contributed by atoms with Crippen LogP contribution < -0.4 is 5.32 Å². The number of aliphatic hydroxyl groups excluding tert-OH is 1. The maximum absolute atomic E-state index is 12.0. The Bertz CT molecular complexity index is 520. The molecule has 0 saturated carbocycles. The van der Waals surface area contributed by atoms with Crippen molar-refractivity contribution in [1.82, 2.24) is 4.57 Å². The first-order valence-electron chi connectivity index (χ1n) is 5.84. The Hall–Kier alpha value is -2.07. The molecule has 2 rings (SSSR count). The van der Waals surface area contributed by atoms with Gasteiger partial charge in [-0.1, -0.05) is 12.1 Å². The van der Waals surface area contributed by atoms with E-state index in [1.807, 2.05) is 48.1 Å². The molecule has 0 aliphatic carbocycles. The number of hydrogen-bond donors (Lipinski definition) is 2. The van der Waals surface area contributed by atoms with E-state index in [4.69, 9.17) is 5.11 Å². The number of nitrogens with zero attached hydrogens (tertiary/aromatic N) is 1. The Kier molecular flexibility index (Phi) is 3.79. The monoisotopic (exact) mass is 244 g/mol. The van der Waals surface area contributed by atoms with Crippen molar-refractivity contribution in [3.63, 3.8) is 0 Å². The van der Waals surface area contributed by atoms with Crippen LogP contribution in [-0.4, -0.2) is 15.6 Å². The van der Waals surface area contributed by atoms with Crippen LogP contribution in [0.2, 0.25) is 0 Å². The molecule has 1 amide bonds. The Morgan fingerprint density at radius 1 is 1.33 bits per heavy atom. The van der Waals surface area contributed by atoms with Gasteiger partial charge in [-0.05, 0) is 36.8 Å². The minimum atomic E-state index is -0.266. The molecule has 4 heteroatoms. The molecule has 0 aliphatic rings. The third-order valence-electron chi connectivity index (χ3n) is 2.83. The number of aliphatic hydroxyl groups is 1. The van der Waals surface area contributed by atoms with Gasteiger partial charge in [-0.25, -0.2) is 0 Å². The van der Waals surface area contributed by atoms with Crippen LogP contribution in [0.1, 0.15) is 18.5 Å². The summed E-state index contributed by atoms with van der Waals surface area (Å²) in [5.41, 5.74) is 1.48. The lowest BCUT2D eigenvalue weighted by Crippen LogP contribution is -2.22. The first kappa shape index (κ1) is 12.4. The summed E-state index contributed by atoms with van der Waals surface area (Å²) >= 11 is 0. The number of amides is 1. The van der Waals surface area contributed by atoms with E-state index in [1.165, 1.54) is 0 Å². The Morgan fingerprint density at radius 3 is 2.72 bits per heavy atom. The van der Waals surface area contributed by atoms with Gasteiger partial charge >= 0.3 is 0 Å². The summed E-state index contributed by atoms with van der Waals surface area (Å²) < 4.78 is 1.84. The van der Waals surface area contributed by atoms with E-state index in [-0.39, 0.29) is 18.6 Å². The third kappa shape index (κ3) is 2.78. The van der Waals surface area contributed by atoms with Crippen molar-refractivity contribution in [2.45, 2.75) is 19.6 Å². The number of nitrogens with one attached hydrogen (secondary N) is 1. The average molecular weight is 244 g/mol. The third-order valence-corrected chi connectivity index (χ3v) is 2.83. The van der Waals surface area contributed by atoms with Gasteiger partial charge in [0.05, 0.1) is 6.61 Å². The van der Waals surface area contributed by atoms with E-state index in [9.17, 15) is 4.79 Å². The van der Waals surface area contributed by atoms with Gasteiger partial charge in [-0.3, -0.25) is 4.79 Å². The number of hydrogen-bond acceptors (Lipinski definition) is 2. The zero-order valence-corrected chi connectivity index (χ0v) is 10.2. The minimum Gasteiger partial charge on any atom is -0.392 e. The van der Waals surface area contributed by atoms with Gasteiger partial charge in [0.25, 0.3) is 0 Å². The fraction of sp³-hybridized carbons (Fsp3) is 0.214. The number of carbonyl (C=O) groups excluding carboxylic acids is 1. The highest BCUT2D eigenvalue weighted by atomic mass is 16.3. The molecule has 0 aliphatic heterocycles. The van der Waals surface area contributed by atoms with Crippen LogP contribution in [0.4, 0.5) is 5.69 Å². The predicted octanol–water partition coefficient (Wildman–Crippen LogP) is 2.18. The van der Waals surface area contributed by atoms with E-state index in [2.05, 4.69) is 5.32 Å². The van der Waals surface area contributed by atoms with Crippen molar-refractivity contribution in [3.8, 4) is 0 Å². The van der Waals surface area contributed by atoms with Gasteiger partial charge < -0.3 is 15.0 Å². The van der Waals surface area contributed by atoms with Crippen LogP contribution in [0.3, 0.4) is 0 Å². The number of anilines is 1. The smallest absolute Gasteiger partial charge is 0.247 e. The molecule has 0 fully saturated rings. The molecule has 1 unspecified atom stereocenters. The van der Waals surface area contributed by atoms with Crippen molar-refractivity contribution in [1.29, 1.82) is 0 Å². The standard InChI is InChI=1S/C14H16N2O2/c1-11(16-7-2-3-8-16)14(18)15-13-6-4-5-12(9-13)10-17/h2-9,11,17H,10H2,1H3,(H,15,18). The molecule has 2 aromatic rings. The molecule has 4 nitrogen and oxygen atoms in total. The number of carbonyl (C=O) groups is 1. The van der Waals surface area contributed by atoms with Crippen molar-refractivity contribution >= 4 is 11.6 Å². The highest BCUT2D eigenvalue weighted by molar-refractivity contribution is 5.93. The molecule has 1 aromatic carbocycles. The van der Waals surface area contributed by atoms with E-state index < -0.39 is 0 Å². The van der Waals surface area contributed by atoms with Crippen LogP contribution in [0.15, 0.2) is 48.8 Å². The maximum Gasteiger partial charge on any atom is 0.247 e. The highest BCUT2D eigenvalue weighted by Crippen LogP contribution is 2.14. The first-order valence-corrected chi connectivity index (χ1v) is 5.84. The lowest BCUT2D eigenvalue weighted by Gasteiger charge is -2.14. The van der Waals surface area contributed by atoms with Gasteiger partial charge in [0.2, 0.25) is 5.91 Å². The SMILES string of the molecule is CC(C(=O)Nc1cccc(CO)c1)n1cccc1. The van der Waals surface area contributed by atoms with E-state index in [1.54, 1.807) is 12.1 Å². The summed E-state index contributed by atoms with van der Waals surface area (Å²) in [5, 5.41) is 11.9. The topological polar surface area (TPSA) is 54.3 Å². The predicted molar refractivity (Wildman–Crippen MR) is 70.1 cm³/mol. The summed E-state index contributed by atoms with van der Waals surface area (Å²) in [5.74, 6) is -0.0821. The average Bonchev–Trinajstić information content (AvgIpc) is 2.92. The second-order valence-corrected chi connectivity index (χ2v) is 4.15. The first-order chi connectivity index (χ1) is 8.70. The molecular formula is C14H16N2O2. The van der Waals surface area contributed by atoms with Crippen LogP contribution in [0, 0.1) is 0 Å². The number of rotatable bonds is 4. The number of benzene rings is 1. The molecule has 0 radical (unpaired) electrons. The van der Waals surface area contributed by atoms with Gasteiger partial charge in [0.15, 0.2) is 0 Å². The molecule has 18 heavy (non-hydrogen) atoms. The molecule has 1 heterocycles. The van der Waals surface area contributed by atoms with Gasteiger partial charge in [-0.2, -0.15) is 0 Å². The fourth-order valence-corrected chi connectivity index (χ4v) is 1.74. The van der Waals surface area contributed by atoms with E-state index >= 15 is 0 Å². The molecule has 2 N–H and O–H groups in total. The van der Waals surface area contributed by atoms with Crippen LogP contribution in [0.25, 0.3) is 0 Å². The summed E-state index contributed by atoms with van der Waals surface area (Å²) in [6.07, 6.45) is 3.71.